The maximum Gasteiger partial charge on any atom is 0.303 e. The summed E-state index contributed by atoms with van der Waals surface area (Å²) in [6.45, 7) is 0.505. The molecule has 2 N–H and O–H groups in total. The topological polar surface area (TPSA) is 66.4 Å². The monoisotopic (exact) mass is 379 g/mol. The van der Waals surface area contributed by atoms with Crippen LogP contribution in [0.4, 0.5) is 0 Å². The Bertz CT molecular complexity index is 598. The molecule has 124 valence electrons. The van der Waals surface area contributed by atoms with Crippen LogP contribution in [-0.2, 0) is 16.0 Å². The van der Waals surface area contributed by atoms with Crippen LogP contribution in [0.1, 0.15) is 42.7 Å². The molecule has 0 heterocycles. The molecule has 4 nitrogen and oxygen atoms in total. The summed E-state index contributed by atoms with van der Waals surface area (Å²) in [5.74, 6) is -0.772. The predicted molar refractivity (Wildman–Crippen MR) is 93.9 cm³/mol. The molecule has 23 heavy (non-hydrogen) atoms. The van der Waals surface area contributed by atoms with Crippen LogP contribution in [-0.4, -0.2) is 28.9 Å². The molecule has 5 heteroatoms. The van der Waals surface area contributed by atoms with Gasteiger partial charge in [-0.1, -0.05) is 51.8 Å². The van der Waals surface area contributed by atoms with E-state index in [1.54, 1.807) is 0 Å². The Hall–Kier alpha value is -1.62. The second kappa shape index (κ2) is 8.87. The number of rotatable bonds is 7. The van der Waals surface area contributed by atoms with Gasteiger partial charge in [-0.15, -0.1) is 0 Å². The van der Waals surface area contributed by atoms with Gasteiger partial charge in [-0.2, -0.15) is 0 Å². The summed E-state index contributed by atoms with van der Waals surface area (Å²) in [4.78, 5) is 22.9. The number of carbonyl (C=O) groups excluding carboxylic acids is 1. The number of alkyl halides is 1. The van der Waals surface area contributed by atoms with Gasteiger partial charge in [0.2, 0.25) is 5.91 Å². The standard InChI is InChI=1S/C18H22BrNO3/c19-9-3-6-17(21)20-12-13-7-8-14-4-1-2-5-16(14)15(10-13)11-18(22)23/h1-2,4-5,7,15H,3,6,8-12H2,(H,20,21)(H,22,23). The summed E-state index contributed by atoms with van der Waals surface area (Å²) < 4.78 is 0. The molecule has 0 radical (unpaired) electrons. The molecule has 0 aliphatic heterocycles. The molecule has 0 saturated heterocycles. The quantitative estimate of drug-likeness (QED) is 0.563. The Labute approximate surface area is 145 Å². The lowest BCUT2D eigenvalue weighted by atomic mass is 9.88. The molecule has 1 aliphatic carbocycles. The fourth-order valence-corrected chi connectivity index (χ4v) is 3.23. The number of hydrogen-bond donors (Lipinski definition) is 2. The van der Waals surface area contributed by atoms with E-state index < -0.39 is 5.97 Å². The fourth-order valence-electron chi connectivity index (χ4n) is 2.95. The van der Waals surface area contributed by atoms with Crippen molar-refractivity contribution in [2.75, 3.05) is 11.9 Å². The molecular formula is C18H22BrNO3. The second-order valence-electron chi connectivity index (χ2n) is 5.83. The number of allylic oxidation sites excluding steroid dienone is 1. The molecule has 1 amide bonds. The van der Waals surface area contributed by atoms with Crippen molar-refractivity contribution in [1.82, 2.24) is 5.32 Å². The first-order valence-corrected chi connectivity index (χ1v) is 9.02. The summed E-state index contributed by atoms with van der Waals surface area (Å²) in [7, 11) is 0. The summed E-state index contributed by atoms with van der Waals surface area (Å²) >= 11 is 3.32. The number of aliphatic carboxylic acids is 1. The van der Waals surface area contributed by atoms with Gasteiger partial charge in [0, 0.05) is 18.3 Å². The van der Waals surface area contributed by atoms with Crippen molar-refractivity contribution >= 4 is 27.8 Å². The van der Waals surface area contributed by atoms with Crippen LogP contribution < -0.4 is 5.32 Å². The van der Waals surface area contributed by atoms with E-state index in [1.165, 1.54) is 5.56 Å². The van der Waals surface area contributed by atoms with Crippen LogP contribution in [0.3, 0.4) is 0 Å². The lowest BCUT2D eigenvalue weighted by molar-refractivity contribution is -0.137. The van der Waals surface area contributed by atoms with Gasteiger partial charge >= 0.3 is 5.97 Å². The molecule has 1 aromatic carbocycles. The third-order valence-electron chi connectivity index (χ3n) is 4.09. The summed E-state index contributed by atoms with van der Waals surface area (Å²) in [6.07, 6.45) is 5.05. The van der Waals surface area contributed by atoms with Gasteiger partial charge in [-0.25, -0.2) is 0 Å². The maximum atomic E-state index is 11.8. The first-order chi connectivity index (χ1) is 11.1. The Morgan fingerprint density at radius 2 is 2.09 bits per heavy atom. The van der Waals surface area contributed by atoms with Crippen LogP contribution >= 0.6 is 15.9 Å². The van der Waals surface area contributed by atoms with Gasteiger partial charge in [0.25, 0.3) is 0 Å². The van der Waals surface area contributed by atoms with Gasteiger partial charge in [0.15, 0.2) is 0 Å². The first kappa shape index (κ1) is 17.7. The Kier molecular flexibility index (Phi) is 6.84. The number of benzene rings is 1. The van der Waals surface area contributed by atoms with Crippen molar-refractivity contribution in [2.45, 2.75) is 38.0 Å². The van der Waals surface area contributed by atoms with E-state index >= 15 is 0 Å². The molecule has 2 rings (SSSR count). The van der Waals surface area contributed by atoms with Crippen molar-refractivity contribution in [1.29, 1.82) is 0 Å². The highest BCUT2D eigenvalue weighted by atomic mass is 79.9. The highest BCUT2D eigenvalue weighted by molar-refractivity contribution is 9.09. The minimum atomic E-state index is -0.785. The second-order valence-corrected chi connectivity index (χ2v) is 6.63. The first-order valence-electron chi connectivity index (χ1n) is 7.90. The zero-order chi connectivity index (χ0) is 16.7. The average molecular weight is 380 g/mol. The van der Waals surface area contributed by atoms with Crippen molar-refractivity contribution in [3.8, 4) is 0 Å². The number of fused-ring (bicyclic) bond motifs is 1. The van der Waals surface area contributed by atoms with Crippen LogP contribution in [0.5, 0.6) is 0 Å². The number of hydrogen-bond acceptors (Lipinski definition) is 2. The average Bonchev–Trinajstić information content (AvgIpc) is 2.70. The normalized spacial score (nSPS) is 16.9. The Morgan fingerprint density at radius 1 is 1.30 bits per heavy atom. The largest absolute Gasteiger partial charge is 0.481 e. The lowest BCUT2D eigenvalue weighted by Crippen LogP contribution is -2.26. The number of carboxylic acid groups (broad SMARTS) is 1. The highest BCUT2D eigenvalue weighted by Gasteiger charge is 2.22. The Morgan fingerprint density at radius 3 is 2.83 bits per heavy atom. The van der Waals surface area contributed by atoms with Crippen LogP contribution in [0.2, 0.25) is 0 Å². The lowest BCUT2D eigenvalue weighted by Gasteiger charge is -2.17. The zero-order valence-corrected chi connectivity index (χ0v) is 14.6. The van der Waals surface area contributed by atoms with E-state index in [1.807, 2.05) is 18.2 Å². The number of carbonyl (C=O) groups is 2. The van der Waals surface area contributed by atoms with Gasteiger partial charge in [-0.05, 0) is 36.3 Å². The van der Waals surface area contributed by atoms with E-state index in [4.69, 9.17) is 0 Å². The number of halogens is 1. The van der Waals surface area contributed by atoms with E-state index in [0.29, 0.717) is 19.4 Å². The van der Waals surface area contributed by atoms with Gasteiger partial charge in [0.1, 0.15) is 0 Å². The van der Waals surface area contributed by atoms with Crippen LogP contribution in [0.25, 0.3) is 0 Å². The Balaban J connectivity index is 2.04. The third-order valence-corrected chi connectivity index (χ3v) is 4.65. The predicted octanol–water partition coefficient (Wildman–Crippen LogP) is 3.41. The molecule has 1 aromatic rings. The van der Waals surface area contributed by atoms with Crippen molar-refractivity contribution < 1.29 is 14.7 Å². The maximum absolute atomic E-state index is 11.8. The molecule has 0 saturated carbocycles. The minimum absolute atomic E-state index is 0.0307. The van der Waals surface area contributed by atoms with Crippen molar-refractivity contribution in [2.24, 2.45) is 0 Å². The smallest absolute Gasteiger partial charge is 0.303 e. The zero-order valence-electron chi connectivity index (χ0n) is 13.1. The molecule has 1 aliphatic rings. The SMILES string of the molecule is O=C(O)CC1CC(CNC(=O)CCCBr)=CCc2ccccc21. The highest BCUT2D eigenvalue weighted by Crippen LogP contribution is 2.33. The molecule has 0 bridgehead atoms. The molecule has 0 spiro atoms. The van der Waals surface area contributed by atoms with Crippen molar-refractivity contribution in [3.05, 3.63) is 47.0 Å². The summed E-state index contributed by atoms with van der Waals surface area (Å²) in [6, 6.07) is 8.02. The van der Waals surface area contributed by atoms with Gasteiger partial charge in [-0.3, -0.25) is 9.59 Å². The molecule has 1 unspecified atom stereocenters. The van der Waals surface area contributed by atoms with E-state index in [-0.39, 0.29) is 18.2 Å². The van der Waals surface area contributed by atoms with Crippen molar-refractivity contribution in [3.63, 3.8) is 0 Å². The van der Waals surface area contributed by atoms with Gasteiger partial charge in [0.05, 0.1) is 6.42 Å². The fraction of sp³-hybridized carbons (Fsp3) is 0.444. The number of carboxylic acids is 1. The molecule has 0 fully saturated rings. The van der Waals surface area contributed by atoms with Crippen LogP contribution in [0.15, 0.2) is 35.9 Å². The number of amides is 1. The number of nitrogens with one attached hydrogen (secondary N) is 1. The summed E-state index contributed by atoms with van der Waals surface area (Å²) in [5, 5.41) is 12.9. The molecule has 1 atom stereocenters. The van der Waals surface area contributed by atoms with E-state index in [0.717, 1.165) is 29.3 Å². The molecule has 0 aromatic heterocycles. The third kappa shape index (κ3) is 5.50. The van der Waals surface area contributed by atoms with E-state index in [9.17, 15) is 14.7 Å². The van der Waals surface area contributed by atoms with Crippen LogP contribution in [0, 0.1) is 0 Å². The van der Waals surface area contributed by atoms with E-state index in [2.05, 4.69) is 33.4 Å². The molecular weight excluding hydrogens is 358 g/mol. The van der Waals surface area contributed by atoms with Gasteiger partial charge < -0.3 is 10.4 Å². The minimum Gasteiger partial charge on any atom is -0.481 e. The summed E-state index contributed by atoms with van der Waals surface area (Å²) in [5.41, 5.74) is 3.41.